The Balaban J connectivity index is 1.42. The summed E-state index contributed by atoms with van der Waals surface area (Å²) in [5.74, 6) is 0.936. The Morgan fingerprint density at radius 1 is 1.26 bits per heavy atom. The van der Waals surface area contributed by atoms with Gasteiger partial charge in [0.15, 0.2) is 5.82 Å². The number of nitrogens with zero attached hydrogens (tertiary/aromatic N) is 5. The molecule has 0 radical (unpaired) electrons. The van der Waals surface area contributed by atoms with Crippen LogP contribution in [0.1, 0.15) is 36.8 Å². The molecule has 0 amide bonds. The van der Waals surface area contributed by atoms with Gasteiger partial charge in [-0.1, -0.05) is 17.7 Å². The second-order valence-electron chi connectivity index (χ2n) is 9.96. The van der Waals surface area contributed by atoms with Gasteiger partial charge in [-0.25, -0.2) is 13.4 Å². The van der Waals surface area contributed by atoms with Crippen molar-refractivity contribution in [2.24, 2.45) is 0 Å². The molecule has 12 heteroatoms. The Kier molecular flexibility index (Phi) is 9.79. The van der Waals surface area contributed by atoms with Gasteiger partial charge < -0.3 is 20.3 Å². The van der Waals surface area contributed by atoms with Crippen molar-refractivity contribution in [2.45, 2.75) is 50.6 Å². The molecule has 0 saturated heterocycles. The molecule has 1 saturated carbocycles. The van der Waals surface area contributed by atoms with E-state index in [2.05, 4.69) is 43.7 Å². The van der Waals surface area contributed by atoms with Crippen LogP contribution in [0.2, 0.25) is 5.02 Å². The van der Waals surface area contributed by atoms with E-state index in [4.69, 9.17) is 21.6 Å². The number of ether oxygens (including phenoxy) is 1. The summed E-state index contributed by atoms with van der Waals surface area (Å²) in [6.07, 6.45) is 7.70. The number of halogens is 1. The summed E-state index contributed by atoms with van der Waals surface area (Å²) < 4.78 is 31.0. The molecule has 1 aliphatic carbocycles. The number of fused-ring (bicyclic) bond motifs is 1. The van der Waals surface area contributed by atoms with Crippen LogP contribution in [0.4, 0.5) is 17.5 Å². The molecule has 4 rings (SSSR count). The zero-order valence-corrected chi connectivity index (χ0v) is 23.6. The molecule has 206 valence electrons. The highest BCUT2D eigenvalue weighted by Gasteiger charge is 2.32. The third-order valence-electron chi connectivity index (χ3n) is 7.26. The number of sulfonamides is 1. The number of aromatic nitrogens is 2. The zero-order valence-electron chi connectivity index (χ0n) is 22.0. The number of anilines is 3. The lowest BCUT2D eigenvalue weighted by atomic mass is 9.91. The lowest BCUT2D eigenvalue weighted by molar-refractivity contribution is 0.150. The minimum atomic E-state index is -3.48. The minimum Gasteiger partial charge on any atom is -0.383 e. The molecule has 1 aliphatic heterocycles. The number of nitriles is 1. The molecule has 1 aromatic carbocycles. The molecule has 0 spiro atoms. The first-order chi connectivity index (χ1) is 18.3. The molecule has 0 unspecified atom stereocenters. The summed E-state index contributed by atoms with van der Waals surface area (Å²) in [4.78, 5) is 11.4. The van der Waals surface area contributed by atoms with Gasteiger partial charge in [-0.2, -0.15) is 14.6 Å². The average molecular weight is 562 g/mol. The first-order valence-electron chi connectivity index (χ1n) is 13.0. The predicted octanol–water partition coefficient (Wildman–Crippen LogP) is 3.43. The van der Waals surface area contributed by atoms with Gasteiger partial charge in [0, 0.05) is 44.5 Å². The SMILES string of the molecule is COCCN1CCc2ccc(Nc3ncc(Cl)c(N[C@@H]4CCC[C@@H](N(CC#N)S(C)(=O)=O)C4)n3)cc2CC1. The van der Waals surface area contributed by atoms with Crippen molar-refractivity contribution in [1.29, 1.82) is 5.26 Å². The van der Waals surface area contributed by atoms with E-state index in [9.17, 15) is 8.42 Å². The lowest BCUT2D eigenvalue weighted by Crippen LogP contribution is -2.45. The van der Waals surface area contributed by atoms with Gasteiger partial charge in [-0.15, -0.1) is 0 Å². The Hall–Kier alpha value is -2.49. The Morgan fingerprint density at radius 2 is 2.05 bits per heavy atom. The second-order valence-corrected chi connectivity index (χ2v) is 12.3. The van der Waals surface area contributed by atoms with Gasteiger partial charge in [0.2, 0.25) is 16.0 Å². The first kappa shape index (κ1) is 28.5. The van der Waals surface area contributed by atoms with Crippen LogP contribution in [-0.4, -0.2) is 85.8 Å². The van der Waals surface area contributed by atoms with Crippen molar-refractivity contribution >= 4 is 39.1 Å². The van der Waals surface area contributed by atoms with E-state index in [1.165, 1.54) is 15.4 Å². The monoisotopic (exact) mass is 561 g/mol. The topological polar surface area (TPSA) is 123 Å². The highest BCUT2D eigenvalue weighted by atomic mass is 35.5. The van der Waals surface area contributed by atoms with Crippen LogP contribution in [0, 0.1) is 11.3 Å². The summed E-state index contributed by atoms with van der Waals surface area (Å²) in [6.45, 7) is 3.56. The summed E-state index contributed by atoms with van der Waals surface area (Å²) in [5, 5.41) is 16.2. The van der Waals surface area contributed by atoms with Gasteiger partial charge in [-0.3, -0.25) is 0 Å². The molecular formula is C26H36ClN7O3S. The van der Waals surface area contributed by atoms with E-state index in [-0.39, 0.29) is 18.6 Å². The molecule has 2 aromatic rings. The van der Waals surface area contributed by atoms with Crippen LogP contribution in [0.25, 0.3) is 0 Å². The van der Waals surface area contributed by atoms with Gasteiger partial charge in [0.1, 0.15) is 11.6 Å². The van der Waals surface area contributed by atoms with Gasteiger partial charge in [-0.05, 0) is 61.8 Å². The summed E-state index contributed by atoms with van der Waals surface area (Å²) >= 11 is 6.42. The fourth-order valence-corrected chi connectivity index (χ4v) is 6.46. The maximum atomic E-state index is 12.2. The Bertz CT molecular complexity index is 1250. The van der Waals surface area contributed by atoms with Crippen LogP contribution in [0.15, 0.2) is 24.4 Å². The van der Waals surface area contributed by atoms with E-state index < -0.39 is 10.0 Å². The van der Waals surface area contributed by atoms with Crippen LogP contribution in [0.5, 0.6) is 0 Å². The highest BCUT2D eigenvalue weighted by Crippen LogP contribution is 2.30. The minimum absolute atomic E-state index is 0.0227. The molecule has 38 heavy (non-hydrogen) atoms. The first-order valence-corrected chi connectivity index (χ1v) is 15.2. The molecule has 0 bridgehead atoms. The van der Waals surface area contributed by atoms with E-state index in [0.717, 1.165) is 70.3 Å². The van der Waals surface area contributed by atoms with Crippen LogP contribution >= 0.6 is 11.6 Å². The lowest BCUT2D eigenvalue weighted by Gasteiger charge is -2.35. The molecule has 10 nitrogen and oxygen atoms in total. The van der Waals surface area contributed by atoms with Crippen molar-refractivity contribution in [1.82, 2.24) is 19.2 Å². The van der Waals surface area contributed by atoms with Crippen LogP contribution in [-0.2, 0) is 27.6 Å². The van der Waals surface area contributed by atoms with E-state index >= 15 is 0 Å². The van der Waals surface area contributed by atoms with E-state index in [1.807, 2.05) is 6.07 Å². The summed E-state index contributed by atoms with van der Waals surface area (Å²) in [5.41, 5.74) is 3.60. The van der Waals surface area contributed by atoms with Crippen LogP contribution in [0.3, 0.4) is 0 Å². The highest BCUT2D eigenvalue weighted by molar-refractivity contribution is 7.88. The van der Waals surface area contributed by atoms with Crippen LogP contribution < -0.4 is 10.6 Å². The third-order valence-corrected chi connectivity index (χ3v) is 8.82. The number of nitrogens with one attached hydrogen (secondary N) is 2. The maximum absolute atomic E-state index is 12.2. The molecular weight excluding hydrogens is 526 g/mol. The fourth-order valence-electron chi connectivity index (χ4n) is 5.29. The molecule has 1 fully saturated rings. The molecule has 2 N–H and O–H groups in total. The zero-order chi connectivity index (χ0) is 27.1. The quantitative estimate of drug-likeness (QED) is 0.420. The average Bonchev–Trinajstić information content (AvgIpc) is 3.09. The summed E-state index contributed by atoms with van der Waals surface area (Å²) in [6, 6.07) is 8.11. The molecule has 1 aromatic heterocycles. The van der Waals surface area contributed by atoms with Gasteiger partial charge in [0.25, 0.3) is 0 Å². The molecule has 2 heterocycles. The molecule has 2 atom stereocenters. The number of methoxy groups -OCH3 is 1. The van der Waals surface area contributed by atoms with E-state index in [0.29, 0.717) is 23.2 Å². The largest absolute Gasteiger partial charge is 0.383 e. The van der Waals surface area contributed by atoms with Crippen molar-refractivity contribution in [3.63, 3.8) is 0 Å². The smallest absolute Gasteiger partial charge is 0.229 e. The van der Waals surface area contributed by atoms with Crippen molar-refractivity contribution < 1.29 is 13.2 Å². The van der Waals surface area contributed by atoms with E-state index in [1.54, 1.807) is 13.3 Å². The molecule has 2 aliphatic rings. The number of hydrogen-bond acceptors (Lipinski definition) is 9. The Labute approximate surface area is 230 Å². The van der Waals surface area contributed by atoms with Gasteiger partial charge in [0.05, 0.1) is 25.1 Å². The number of rotatable bonds is 10. The van der Waals surface area contributed by atoms with Crippen molar-refractivity contribution in [3.05, 3.63) is 40.5 Å². The predicted molar refractivity (Wildman–Crippen MR) is 149 cm³/mol. The number of benzene rings is 1. The fraction of sp³-hybridized carbons (Fsp3) is 0.577. The Morgan fingerprint density at radius 3 is 2.79 bits per heavy atom. The van der Waals surface area contributed by atoms with Crippen molar-refractivity contribution in [3.8, 4) is 6.07 Å². The normalized spacial score (nSPS) is 20.4. The van der Waals surface area contributed by atoms with Crippen molar-refractivity contribution in [2.75, 3.05) is 56.8 Å². The third kappa shape index (κ3) is 7.55. The van der Waals surface area contributed by atoms with Gasteiger partial charge >= 0.3 is 0 Å². The maximum Gasteiger partial charge on any atom is 0.229 e. The number of hydrogen-bond donors (Lipinski definition) is 2. The second kappa shape index (κ2) is 13.0. The summed E-state index contributed by atoms with van der Waals surface area (Å²) in [7, 11) is -1.74. The standard InChI is InChI=1S/C26H36ClN7O3S/c1-37-15-14-33-11-8-19-6-7-22(16-20(19)9-12-33)31-26-29-18-24(27)25(32-26)30-21-4-3-5-23(17-21)34(13-10-28)38(2,35)36/h6-7,16,18,21,23H,3-5,8-9,11-15,17H2,1-2H3,(H2,29,30,31,32)/t21-,23-/m1/s1.